The fraction of sp³-hybridized carbons (Fsp3) is 0.211. The van der Waals surface area contributed by atoms with Crippen LogP contribution >= 0.6 is 11.3 Å². The summed E-state index contributed by atoms with van der Waals surface area (Å²) < 4.78 is 66.9. The molecule has 1 aromatic heterocycles. The maximum atomic E-state index is 13.6. The lowest BCUT2D eigenvalue weighted by Gasteiger charge is -2.22. The summed E-state index contributed by atoms with van der Waals surface area (Å²) in [6.07, 6.45) is 0.974. The number of nitrogens with one attached hydrogen (secondary N) is 1. The van der Waals surface area contributed by atoms with Crippen LogP contribution in [-0.2, 0) is 10.0 Å². The lowest BCUT2D eigenvalue weighted by atomic mass is 10.2. The van der Waals surface area contributed by atoms with E-state index in [9.17, 15) is 26.4 Å². The van der Waals surface area contributed by atoms with E-state index in [1.54, 1.807) is 0 Å². The van der Waals surface area contributed by atoms with E-state index < -0.39 is 39.4 Å². The normalized spacial score (nSPS) is 17.1. The fourth-order valence-electron chi connectivity index (χ4n) is 3.23. The Morgan fingerprint density at radius 3 is 2.52 bits per heavy atom. The third-order valence-electron chi connectivity index (χ3n) is 4.72. The molecule has 1 aliphatic rings. The molecule has 1 saturated heterocycles. The molecule has 12 heteroatoms. The number of halogens is 3. The molecule has 2 heterocycles. The van der Waals surface area contributed by atoms with Crippen molar-refractivity contribution in [2.24, 2.45) is 0 Å². The van der Waals surface area contributed by atoms with Gasteiger partial charge >= 0.3 is 0 Å². The third kappa shape index (κ3) is 4.31. The van der Waals surface area contributed by atoms with Gasteiger partial charge in [0.15, 0.2) is 11.6 Å². The first-order chi connectivity index (χ1) is 14.8. The van der Waals surface area contributed by atoms with Gasteiger partial charge in [0.2, 0.25) is 15.0 Å². The Morgan fingerprint density at radius 2 is 1.81 bits per heavy atom. The molecule has 1 N–H and O–H groups in total. The average Bonchev–Trinajstić information content (AvgIpc) is 3.41. The molecule has 31 heavy (non-hydrogen) atoms. The van der Waals surface area contributed by atoms with Crippen molar-refractivity contribution in [2.75, 3.05) is 11.9 Å². The van der Waals surface area contributed by atoms with Crippen LogP contribution in [0.1, 0.15) is 33.7 Å². The second kappa shape index (κ2) is 8.36. The van der Waals surface area contributed by atoms with Crippen molar-refractivity contribution >= 4 is 33.0 Å². The number of anilines is 1. The number of carbonyl (C=O) groups is 1. The number of rotatable bonds is 5. The van der Waals surface area contributed by atoms with Gasteiger partial charge in [-0.15, -0.1) is 10.2 Å². The molecular formula is C19H15F3N4O3S2. The molecule has 1 aliphatic heterocycles. The first-order valence-electron chi connectivity index (χ1n) is 9.13. The van der Waals surface area contributed by atoms with E-state index in [1.165, 1.54) is 24.3 Å². The van der Waals surface area contributed by atoms with Crippen LogP contribution in [-0.4, -0.2) is 35.4 Å². The molecule has 1 atom stereocenters. The van der Waals surface area contributed by atoms with Gasteiger partial charge in [-0.2, -0.15) is 4.31 Å². The van der Waals surface area contributed by atoms with E-state index >= 15 is 0 Å². The summed E-state index contributed by atoms with van der Waals surface area (Å²) in [5.74, 6) is -3.41. The summed E-state index contributed by atoms with van der Waals surface area (Å²) >= 11 is 0.933. The van der Waals surface area contributed by atoms with Crippen LogP contribution in [0.2, 0.25) is 0 Å². The summed E-state index contributed by atoms with van der Waals surface area (Å²) in [6.45, 7) is 0.169. The van der Waals surface area contributed by atoms with E-state index in [0.29, 0.717) is 29.6 Å². The molecule has 0 saturated carbocycles. The zero-order valence-corrected chi connectivity index (χ0v) is 17.4. The molecule has 162 valence electrons. The molecule has 7 nitrogen and oxygen atoms in total. The number of carbonyl (C=O) groups excluding carboxylic acids is 1. The van der Waals surface area contributed by atoms with E-state index in [1.807, 2.05) is 0 Å². The summed E-state index contributed by atoms with van der Waals surface area (Å²) in [5.41, 5.74) is 0.367. The predicted octanol–water partition coefficient (Wildman–Crippen LogP) is 3.73. The van der Waals surface area contributed by atoms with E-state index in [0.717, 1.165) is 27.8 Å². The minimum Gasteiger partial charge on any atom is -0.320 e. The summed E-state index contributed by atoms with van der Waals surface area (Å²) in [4.78, 5) is 12.0. The van der Waals surface area contributed by atoms with Crippen LogP contribution in [0.25, 0.3) is 0 Å². The fourth-order valence-corrected chi connectivity index (χ4v) is 5.85. The Labute approximate surface area is 179 Å². The number of benzene rings is 2. The molecular weight excluding hydrogens is 453 g/mol. The van der Waals surface area contributed by atoms with Gasteiger partial charge in [0.25, 0.3) is 5.91 Å². The Morgan fingerprint density at radius 1 is 1.06 bits per heavy atom. The quantitative estimate of drug-likeness (QED) is 0.616. The van der Waals surface area contributed by atoms with Crippen molar-refractivity contribution in [3.05, 3.63) is 69.9 Å². The number of aromatic nitrogens is 2. The number of hydrogen-bond acceptors (Lipinski definition) is 6. The Hall–Kier alpha value is -2.83. The van der Waals surface area contributed by atoms with Gasteiger partial charge in [0, 0.05) is 12.2 Å². The van der Waals surface area contributed by atoms with Gasteiger partial charge in [-0.1, -0.05) is 11.3 Å². The Balaban J connectivity index is 1.55. The van der Waals surface area contributed by atoms with Crippen LogP contribution < -0.4 is 5.32 Å². The second-order valence-corrected chi connectivity index (χ2v) is 9.66. The van der Waals surface area contributed by atoms with Gasteiger partial charge in [-0.3, -0.25) is 4.79 Å². The first-order valence-corrected chi connectivity index (χ1v) is 11.4. The van der Waals surface area contributed by atoms with Gasteiger partial charge in [0.1, 0.15) is 10.8 Å². The van der Waals surface area contributed by atoms with E-state index in [2.05, 4.69) is 15.5 Å². The number of nitrogens with zero attached hydrogens (tertiary/aromatic N) is 3. The minimum absolute atomic E-state index is 0.0106. The Bertz CT molecular complexity index is 1230. The van der Waals surface area contributed by atoms with Crippen molar-refractivity contribution < 1.29 is 26.4 Å². The monoisotopic (exact) mass is 468 g/mol. The van der Waals surface area contributed by atoms with E-state index in [4.69, 9.17) is 0 Å². The number of hydrogen-bond donors (Lipinski definition) is 1. The maximum Gasteiger partial charge on any atom is 0.286 e. The molecule has 0 unspecified atom stereocenters. The molecule has 1 fully saturated rings. The molecule has 2 aromatic carbocycles. The SMILES string of the molecule is O=C(Nc1ccc(F)cc1)c1nnc([C@H]2CCCN2S(=O)(=O)c2ccc(F)c(F)c2)s1. The third-order valence-corrected chi connectivity index (χ3v) is 7.65. The van der Waals surface area contributed by atoms with Crippen molar-refractivity contribution in [2.45, 2.75) is 23.8 Å². The second-order valence-electron chi connectivity index (χ2n) is 6.76. The summed E-state index contributed by atoms with van der Waals surface area (Å²) in [7, 11) is -4.11. The average molecular weight is 468 g/mol. The molecule has 0 aliphatic carbocycles. The highest BCUT2D eigenvalue weighted by Crippen LogP contribution is 2.38. The summed E-state index contributed by atoms with van der Waals surface area (Å²) in [5, 5.41) is 10.7. The van der Waals surface area contributed by atoms with Crippen molar-refractivity contribution in [3.8, 4) is 0 Å². The molecule has 1 amide bonds. The molecule has 4 rings (SSSR count). The van der Waals surface area contributed by atoms with Crippen LogP contribution in [0.15, 0.2) is 47.4 Å². The highest BCUT2D eigenvalue weighted by Gasteiger charge is 2.38. The van der Waals surface area contributed by atoms with Crippen LogP contribution in [0, 0.1) is 17.5 Å². The van der Waals surface area contributed by atoms with Crippen molar-refractivity contribution in [1.29, 1.82) is 0 Å². The highest BCUT2D eigenvalue weighted by atomic mass is 32.2. The first kappa shape index (κ1) is 21.4. The topological polar surface area (TPSA) is 92.3 Å². The molecule has 0 radical (unpaired) electrons. The van der Waals surface area contributed by atoms with Gasteiger partial charge < -0.3 is 5.32 Å². The van der Waals surface area contributed by atoms with Crippen molar-refractivity contribution in [3.63, 3.8) is 0 Å². The zero-order valence-electron chi connectivity index (χ0n) is 15.8. The minimum atomic E-state index is -4.11. The van der Waals surface area contributed by atoms with Gasteiger partial charge in [-0.25, -0.2) is 21.6 Å². The number of sulfonamides is 1. The summed E-state index contributed by atoms with van der Waals surface area (Å²) in [6, 6.07) is 6.90. The Kier molecular flexibility index (Phi) is 5.77. The van der Waals surface area contributed by atoms with E-state index in [-0.39, 0.29) is 16.4 Å². The predicted molar refractivity (Wildman–Crippen MR) is 106 cm³/mol. The molecule has 0 spiro atoms. The molecule has 3 aromatic rings. The zero-order chi connectivity index (χ0) is 22.2. The van der Waals surface area contributed by atoms with Crippen molar-refractivity contribution in [1.82, 2.24) is 14.5 Å². The lowest BCUT2D eigenvalue weighted by molar-refractivity contribution is 0.102. The maximum absolute atomic E-state index is 13.6. The van der Waals surface area contributed by atoms with Crippen LogP contribution in [0.4, 0.5) is 18.9 Å². The lowest BCUT2D eigenvalue weighted by Crippen LogP contribution is -2.30. The van der Waals surface area contributed by atoms with Gasteiger partial charge in [0.05, 0.1) is 10.9 Å². The van der Waals surface area contributed by atoms with Crippen LogP contribution in [0.5, 0.6) is 0 Å². The number of amides is 1. The van der Waals surface area contributed by atoms with Gasteiger partial charge in [-0.05, 0) is 55.3 Å². The standard InChI is InChI=1S/C19H15F3N4O3S2/c20-11-3-5-12(6-4-11)23-17(27)19-25-24-18(30-19)16-2-1-9-26(16)31(28,29)13-7-8-14(21)15(22)10-13/h3-8,10,16H,1-2,9H2,(H,23,27)/t16-/m1/s1. The van der Waals surface area contributed by atoms with Crippen LogP contribution in [0.3, 0.4) is 0 Å². The highest BCUT2D eigenvalue weighted by molar-refractivity contribution is 7.89. The smallest absolute Gasteiger partial charge is 0.286 e. The molecule has 0 bridgehead atoms. The largest absolute Gasteiger partial charge is 0.320 e.